The second-order valence-corrected chi connectivity index (χ2v) is 6.78. The first-order valence-electron chi connectivity index (χ1n) is 7.00. The molecule has 20 heavy (non-hydrogen) atoms. The van der Waals surface area contributed by atoms with E-state index in [4.69, 9.17) is 17.3 Å². The molecule has 0 bridgehead atoms. The van der Waals surface area contributed by atoms with E-state index in [0.717, 1.165) is 29.7 Å². The van der Waals surface area contributed by atoms with E-state index in [9.17, 15) is 0 Å². The van der Waals surface area contributed by atoms with Gasteiger partial charge in [0.1, 0.15) is 0 Å². The Hall–Kier alpha value is -0.870. The first kappa shape index (κ1) is 14.1. The lowest BCUT2D eigenvalue weighted by Crippen LogP contribution is -2.24. The Bertz CT molecular complexity index is 564. The quantitative estimate of drug-likeness (QED) is 0.873. The summed E-state index contributed by atoms with van der Waals surface area (Å²) < 4.78 is 0. The maximum atomic E-state index is 6.38. The average molecular weight is 307 g/mol. The van der Waals surface area contributed by atoms with Crippen LogP contribution in [0.25, 0.3) is 0 Å². The van der Waals surface area contributed by atoms with Crippen molar-refractivity contribution < 1.29 is 0 Å². The molecule has 0 unspecified atom stereocenters. The molecule has 0 aliphatic heterocycles. The maximum Gasteiger partial charge on any atom is 0.0454 e. The van der Waals surface area contributed by atoms with Crippen LogP contribution in [0, 0.1) is 0 Å². The monoisotopic (exact) mass is 306 g/mol. The largest absolute Gasteiger partial charge is 0.326 e. The van der Waals surface area contributed by atoms with Crippen LogP contribution in [0.2, 0.25) is 5.02 Å². The molecule has 3 rings (SSSR count). The summed E-state index contributed by atoms with van der Waals surface area (Å²) in [7, 11) is 0. The van der Waals surface area contributed by atoms with Crippen LogP contribution in [0.5, 0.6) is 0 Å². The lowest BCUT2D eigenvalue weighted by molar-refractivity contribution is 0.248. The number of nitrogens with two attached hydrogens (primary N) is 1. The highest BCUT2D eigenvalue weighted by molar-refractivity contribution is 7.09. The van der Waals surface area contributed by atoms with E-state index in [1.165, 1.54) is 23.3 Å². The minimum atomic E-state index is 0.543. The summed E-state index contributed by atoms with van der Waals surface area (Å²) >= 11 is 8.21. The topological polar surface area (TPSA) is 29.3 Å². The molecule has 1 heterocycles. The zero-order chi connectivity index (χ0) is 13.9. The van der Waals surface area contributed by atoms with Gasteiger partial charge in [-0.1, -0.05) is 29.8 Å². The molecule has 1 saturated carbocycles. The number of benzene rings is 1. The van der Waals surface area contributed by atoms with Gasteiger partial charge in [-0.25, -0.2) is 0 Å². The Morgan fingerprint density at radius 2 is 2.10 bits per heavy atom. The second kappa shape index (κ2) is 6.27. The van der Waals surface area contributed by atoms with Crippen LogP contribution < -0.4 is 5.73 Å². The summed E-state index contributed by atoms with van der Waals surface area (Å²) in [6.07, 6.45) is 2.62. The zero-order valence-electron chi connectivity index (χ0n) is 11.4. The molecule has 2 aromatic rings. The molecule has 0 saturated heterocycles. The van der Waals surface area contributed by atoms with Gasteiger partial charge >= 0.3 is 0 Å². The van der Waals surface area contributed by atoms with E-state index in [0.29, 0.717) is 6.54 Å². The summed E-state index contributed by atoms with van der Waals surface area (Å²) in [5.74, 6) is 0. The van der Waals surface area contributed by atoms with Gasteiger partial charge in [0.25, 0.3) is 0 Å². The lowest BCUT2D eigenvalue weighted by atomic mass is 10.1. The highest BCUT2D eigenvalue weighted by Crippen LogP contribution is 2.32. The van der Waals surface area contributed by atoms with E-state index < -0.39 is 0 Å². The number of hydrogen-bond acceptors (Lipinski definition) is 3. The molecule has 1 aromatic carbocycles. The van der Waals surface area contributed by atoms with Crippen LogP contribution in [-0.4, -0.2) is 10.9 Å². The van der Waals surface area contributed by atoms with Gasteiger partial charge in [-0.05, 0) is 41.5 Å². The predicted molar refractivity (Wildman–Crippen MR) is 85.9 cm³/mol. The fraction of sp³-hybridized carbons (Fsp3) is 0.375. The zero-order valence-corrected chi connectivity index (χ0v) is 13.0. The summed E-state index contributed by atoms with van der Waals surface area (Å²) in [5, 5.41) is 2.98. The van der Waals surface area contributed by atoms with Crippen molar-refractivity contribution in [2.45, 2.75) is 38.5 Å². The third kappa shape index (κ3) is 3.41. The van der Waals surface area contributed by atoms with Gasteiger partial charge in [0, 0.05) is 35.6 Å². The molecule has 0 radical (unpaired) electrons. The van der Waals surface area contributed by atoms with Crippen molar-refractivity contribution in [2.75, 3.05) is 0 Å². The molecule has 1 fully saturated rings. The fourth-order valence-corrected chi connectivity index (χ4v) is 3.41. The molecular weight excluding hydrogens is 288 g/mol. The minimum absolute atomic E-state index is 0.543. The molecule has 4 heteroatoms. The Labute approximate surface area is 129 Å². The number of thiophene rings is 1. The van der Waals surface area contributed by atoms with Crippen LogP contribution in [0.3, 0.4) is 0 Å². The summed E-state index contributed by atoms with van der Waals surface area (Å²) in [4.78, 5) is 3.96. The van der Waals surface area contributed by atoms with Crippen LogP contribution in [0.1, 0.15) is 28.8 Å². The number of nitrogens with zero attached hydrogens (tertiary/aromatic N) is 1. The highest BCUT2D eigenvalue weighted by atomic mass is 35.5. The normalized spacial score (nSPS) is 14.9. The van der Waals surface area contributed by atoms with Gasteiger partial charge < -0.3 is 5.73 Å². The Morgan fingerprint density at radius 1 is 1.25 bits per heavy atom. The van der Waals surface area contributed by atoms with Crippen molar-refractivity contribution in [1.82, 2.24) is 4.90 Å². The van der Waals surface area contributed by atoms with Crippen LogP contribution in [-0.2, 0) is 19.6 Å². The standard InChI is InChI=1S/C16H19ClN2S/c17-16-8-12(9-18)3-4-13(16)10-19(14-5-6-14)11-15-2-1-7-20-15/h1-4,7-8,14H,5-6,9-11,18H2. The lowest BCUT2D eigenvalue weighted by Gasteiger charge is -2.22. The summed E-state index contributed by atoms with van der Waals surface area (Å²) in [6.45, 7) is 2.49. The van der Waals surface area contributed by atoms with Gasteiger partial charge in [0.15, 0.2) is 0 Å². The first-order chi connectivity index (χ1) is 9.76. The maximum absolute atomic E-state index is 6.38. The molecule has 2 N–H and O–H groups in total. The Kier molecular flexibility index (Phi) is 4.41. The van der Waals surface area contributed by atoms with Gasteiger partial charge in [-0.2, -0.15) is 0 Å². The van der Waals surface area contributed by atoms with E-state index in [2.05, 4.69) is 34.5 Å². The van der Waals surface area contributed by atoms with Gasteiger partial charge in [0.05, 0.1) is 0 Å². The van der Waals surface area contributed by atoms with Crippen molar-refractivity contribution in [2.24, 2.45) is 5.73 Å². The van der Waals surface area contributed by atoms with Crippen molar-refractivity contribution in [3.05, 3.63) is 56.7 Å². The van der Waals surface area contributed by atoms with Crippen molar-refractivity contribution in [3.63, 3.8) is 0 Å². The third-order valence-corrected chi connectivity index (χ3v) is 4.94. The molecule has 2 nitrogen and oxygen atoms in total. The third-order valence-electron chi connectivity index (χ3n) is 3.73. The smallest absolute Gasteiger partial charge is 0.0454 e. The van der Waals surface area contributed by atoms with Crippen molar-refractivity contribution >= 4 is 22.9 Å². The molecule has 0 spiro atoms. The van der Waals surface area contributed by atoms with E-state index >= 15 is 0 Å². The molecule has 0 amide bonds. The molecular formula is C16H19ClN2S. The second-order valence-electron chi connectivity index (χ2n) is 5.35. The van der Waals surface area contributed by atoms with Crippen LogP contribution in [0.4, 0.5) is 0 Å². The summed E-state index contributed by atoms with van der Waals surface area (Å²) in [5.41, 5.74) is 7.94. The summed E-state index contributed by atoms with van der Waals surface area (Å²) in [6, 6.07) is 11.2. The molecule has 1 aliphatic carbocycles. The van der Waals surface area contributed by atoms with Crippen LogP contribution >= 0.6 is 22.9 Å². The van der Waals surface area contributed by atoms with Crippen molar-refractivity contribution in [1.29, 1.82) is 0 Å². The van der Waals surface area contributed by atoms with Crippen LogP contribution in [0.15, 0.2) is 35.7 Å². The van der Waals surface area contributed by atoms with Gasteiger partial charge in [-0.3, -0.25) is 4.90 Å². The van der Waals surface area contributed by atoms with E-state index in [1.807, 2.05) is 17.4 Å². The fourth-order valence-electron chi connectivity index (χ4n) is 2.42. The predicted octanol–water partition coefficient (Wildman–Crippen LogP) is 4.02. The van der Waals surface area contributed by atoms with Gasteiger partial charge in [-0.15, -0.1) is 11.3 Å². The minimum Gasteiger partial charge on any atom is -0.326 e. The average Bonchev–Trinajstić information content (AvgIpc) is 3.18. The molecule has 1 aliphatic rings. The van der Waals surface area contributed by atoms with E-state index in [1.54, 1.807) is 0 Å². The number of hydrogen-bond donors (Lipinski definition) is 1. The molecule has 0 atom stereocenters. The molecule has 1 aromatic heterocycles. The van der Waals surface area contributed by atoms with Gasteiger partial charge in [0.2, 0.25) is 0 Å². The highest BCUT2D eigenvalue weighted by Gasteiger charge is 2.29. The van der Waals surface area contributed by atoms with E-state index in [-0.39, 0.29) is 0 Å². The molecule has 106 valence electrons. The Balaban J connectivity index is 1.73. The number of halogens is 1. The van der Waals surface area contributed by atoms with Crippen molar-refractivity contribution in [3.8, 4) is 0 Å². The number of rotatable bonds is 6. The SMILES string of the molecule is NCc1ccc(CN(Cc2cccs2)C2CC2)c(Cl)c1. The first-order valence-corrected chi connectivity index (χ1v) is 8.26. The Morgan fingerprint density at radius 3 is 2.70 bits per heavy atom.